The minimum atomic E-state index is -4.52. The zero-order chi connectivity index (χ0) is 18.7. The summed E-state index contributed by atoms with van der Waals surface area (Å²) in [4.78, 5) is 0.113. The first-order valence-corrected chi connectivity index (χ1v) is 9.24. The molecule has 0 bridgehead atoms. The number of alkyl halides is 3. The number of aryl methyl sites for hydroxylation is 1. The lowest BCUT2D eigenvalue weighted by Gasteiger charge is -2.16. The molecule has 0 saturated carbocycles. The molecule has 1 aliphatic heterocycles. The molecule has 1 atom stereocenters. The molecule has 1 aliphatic rings. The van der Waals surface area contributed by atoms with Crippen molar-refractivity contribution in [1.29, 1.82) is 0 Å². The van der Waals surface area contributed by atoms with Crippen molar-refractivity contribution in [3.05, 3.63) is 65.9 Å². The monoisotopic (exact) mass is 381 g/mol. The fourth-order valence-corrected chi connectivity index (χ4v) is 4.32. The highest BCUT2D eigenvalue weighted by atomic mass is 32.2. The maximum Gasteiger partial charge on any atom is 0.424 e. The van der Waals surface area contributed by atoms with Gasteiger partial charge in [-0.05, 0) is 42.8 Å². The zero-order valence-electron chi connectivity index (χ0n) is 13.6. The Balaban J connectivity index is 1.81. The van der Waals surface area contributed by atoms with Gasteiger partial charge in [-0.25, -0.2) is 12.4 Å². The van der Waals surface area contributed by atoms with Crippen molar-refractivity contribution in [1.82, 2.24) is 3.97 Å². The van der Waals surface area contributed by atoms with Crippen molar-refractivity contribution in [2.45, 2.75) is 23.6 Å². The molecular weight excluding hydrogens is 367 g/mol. The number of aromatic nitrogens is 1. The first-order valence-electron chi connectivity index (χ1n) is 7.80. The smallest absolute Gasteiger partial charge is 0.355 e. The van der Waals surface area contributed by atoms with Gasteiger partial charge in [0, 0.05) is 11.6 Å². The van der Waals surface area contributed by atoms with Crippen LogP contribution in [0.1, 0.15) is 11.1 Å². The Bertz CT molecular complexity index is 1090. The SMILES string of the molecule is Cc1ccc(S(=O)(=O)n2ccc3cc([C@@]4(C(F)(F)F)CO4)ccc32)cc1. The van der Waals surface area contributed by atoms with E-state index in [0.29, 0.717) is 10.9 Å². The fraction of sp³-hybridized carbons (Fsp3) is 0.222. The molecule has 1 fully saturated rings. The van der Waals surface area contributed by atoms with E-state index in [0.717, 1.165) is 9.54 Å². The van der Waals surface area contributed by atoms with Crippen LogP contribution in [0, 0.1) is 6.92 Å². The summed E-state index contributed by atoms with van der Waals surface area (Å²) in [6.45, 7) is 1.42. The number of nitrogens with zero attached hydrogens (tertiary/aromatic N) is 1. The standard InChI is InChI=1S/C18H14F3NO3S/c1-12-2-5-15(6-3-12)26(23,24)22-9-8-13-10-14(4-7-16(13)22)17(11-25-17)18(19,20)21/h2-10H,11H2,1H3/t17-/m1/s1. The molecule has 26 heavy (non-hydrogen) atoms. The van der Waals surface area contributed by atoms with Crippen molar-refractivity contribution in [2.24, 2.45) is 0 Å². The minimum Gasteiger partial charge on any atom is -0.355 e. The maximum absolute atomic E-state index is 13.2. The highest BCUT2D eigenvalue weighted by molar-refractivity contribution is 7.90. The summed E-state index contributed by atoms with van der Waals surface area (Å²) in [6, 6.07) is 11.8. The largest absolute Gasteiger partial charge is 0.424 e. The molecule has 1 saturated heterocycles. The average molecular weight is 381 g/mol. The van der Waals surface area contributed by atoms with E-state index in [-0.39, 0.29) is 10.5 Å². The van der Waals surface area contributed by atoms with E-state index in [9.17, 15) is 21.6 Å². The average Bonchev–Trinajstić information content (AvgIpc) is 3.29. The molecule has 2 heterocycles. The molecule has 4 rings (SSSR count). The lowest BCUT2D eigenvalue weighted by molar-refractivity contribution is -0.187. The molecule has 3 aromatic rings. The third kappa shape index (κ3) is 2.44. The number of epoxide rings is 1. The minimum absolute atomic E-state index is 0.0250. The Kier molecular flexibility index (Phi) is 3.51. The van der Waals surface area contributed by atoms with E-state index >= 15 is 0 Å². The number of hydrogen-bond acceptors (Lipinski definition) is 3. The van der Waals surface area contributed by atoms with E-state index < -0.39 is 28.4 Å². The van der Waals surface area contributed by atoms with Gasteiger partial charge in [0.2, 0.25) is 5.60 Å². The molecule has 4 nitrogen and oxygen atoms in total. The topological polar surface area (TPSA) is 51.6 Å². The Hall–Kier alpha value is -2.32. The molecule has 136 valence electrons. The second kappa shape index (κ2) is 5.34. The third-order valence-electron chi connectivity index (χ3n) is 4.59. The van der Waals surface area contributed by atoms with Crippen LogP contribution in [-0.2, 0) is 20.4 Å². The van der Waals surface area contributed by atoms with Gasteiger partial charge in [0.05, 0.1) is 17.0 Å². The normalized spacial score (nSPS) is 20.5. The van der Waals surface area contributed by atoms with Crippen LogP contribution < -0.4 is 0 Å². The zero-order valence-corrected chi connectivity index (χ0v) is 14.4. The Labute approximate surface area is 147 Å². The fourth-order valence-electron chi connectivity index (χ4n) is 2.97. The summed E-state index contributed by atoms with van der Waals surface area (Å²) >= 11 is 0. The third-order valence-corrected chi connectivity index (χ3v) is 6.29. The van der Waals surface area contributed by atoms with Gasteiger partial charge >= 0.3 is 6.18 Å². The van der Waals surface area contributed by atoms with Gasteiger partial charge < -0.3 is 4.74 Å². The van der Waals surface area contributed by atoms with Gasteiger partial charge in [-0.1, -0.05) is 23.8 Å². The highest BCUT2D eigenvalue weighted by Crippen LogP contribution is 2.52. The van der Waals surface area contributed by atoms with Crippen molar-refractivity contribution in [3.63, 3.8) is 0 Å². The summed E-state index contributed by atoms with van der Waals surface area (Å²) in [5.41, 5.74) is -1.07. The van der Waals surface area contributed by atoms with Crippen LogP contribution in [0.4, 0.5) is 13.2 Å². The summed E-state index contributed by atoms with van der Waals surface area (Å²) < 4.78 is 71.1. The van der Waals surface area contributed by atoms with Gasteiger partial charge in [-0.15, -0.1) is 0 Å². The Morgan fingerprint density at radius 1 is 1.08 bits per heavy atom. The Morgan fingerprint density at radius 3 is 2.31 bits per heavy atom. The van der Waals surface area contributed by atoms with Crippen molar-refractivity contribution < 1.29 is 26.3 Å². The molecule has 0 aliphatic carbocycles. The van der Waals surface area contributed by atoms with Gasteiger partial charge in [-0.3, -0.25) is 0 Å². The molecule has 8 heteroatoms. The Morgan fingerprint density at radius 2 is 1.73 bits per heavy atom. The quantitative estimate of drug-likeness (QED) is 0.645. The van der Waals surface area contributed by atoms with Crippen LogP contribution in [0.5, 0.6) is 0 Å². The second-order valence-corrected chi connectivity index (χ2v) is 8.13. The molecule has 0 amide bonds. The number of halogens is 3. The van der Waals surface area contributed by atoms with E-state index in [1.165, 1.54) is 42.6 Å². The van der Waals surface area contributed by atoms with Crippen LogP contribution in [0.2, 0.25) is 0 Å². The summed E-state index contributed by atoms with van der Waals surface area (Å²) in [6.07, 6.45) is -3.17. The van der Waals surface area contributed by atoms with Crippen LogP contribution in [0.15, 0.2) is 59.6 Å². The van der Waals surface area contributed by atoms with Crippen LogP contribution >= 0.6 is 0 Å². The predicted molar refractivity (Wildman–Crippen MR) is 89.4 cm³/mol. The number of rotatable bonds is 3. The van der Waals surface area contributed by atoms with Gasteiger partial charge in [0.25, 0.3) is 10.0 Å². The molecule has 1 aromatic heterocycles. The highest BCUT2D eigenvalue weighted by Gasteiger charge is 2.67. The molecule has 0 unspecified atom stereocenters. The van der Waals surface area contributed by atoms with Gasteiger partial charge in [0.15, 0.2) is 0 Å². The van der Waals surface area contributed by atoms with E-state index in [1.54, 1.807) is 12.1 Å². The number of ether oxygens (including phenoxy) is 1. The lowest BCUT2D eigenvalue weighted by Crippen LogP contribution is -2.30. The number of fused-ring (bicyclic) bond motifs is 1. The molecule has 2 aromatic carbocycles. The lowest BCUT2D eigenvalue weighted by atomic mass is 9.98. The van der Waals surface area contributed by atoms with Crippen molar-refractivity contribution >= 4 is 20.9 Å². The first kappa shape index (κ1) is 17.1. The van der Waals surface area contributed by atoms with Crippen molar-refractivity contribution in [2.75, 3.05) is 6.61 Å². The summed E-state index contributed by atoms with van der Waals surface area (Å²) in [5, 5.41) is 0.400. The van der Waals surface area contributed by atoms with Crippen LogP contribution in [0.3, 0.4) is 0 Å². The molecule has 0 N–H and O–H groups in total. The van der Waals surface area contributed by atoms with Gasteiger partial charge in [-0.2, -0.15) is 13.2 Å². The molecular formula is C18H14F3NO3S. The maximum atomic E-state index is 13.2. The number of benzene rings is 2. The first-order chi connectivity index (χ1) is 12.1. The van der Waals surface area contributed by atoms with E-state index in [2.05, 4.69) is 0 Å². The summed E-state index contributed by atoms with van der Waals surface area (Å²) in [5.74, 6) is 0. The molecule has 0 spiro atoms. The second-order valence-electron chi connectivity index (χ2n) is 6.32. The van der Waals surface area contributed by atoms with Crippen LogP contribution in [-0.4, -0.2) is 25.2 Å². The van der Waals surface area contributed by atoms with Crippen LogP contribution in [0.25, 0.3) is 10.9 Å². The van der Waals surface area contributed by atoms with E-state index in [1.807, 2.05) is 6.92 Å². The van der Waals surface area contributed by atoms with Gasteiger partial charge in [0.1, 0.15) is 0 Å². The summed E-state index contributed by atoms with van der Waals surface area (Å²) in [7, 11) is -3.84. The number of hydrogen-bond donors (Lipinski definition) is 0. The van der Waals surface area contributed by atoms with E-state index in [4.69, 9.17) is 4.74 Å². The predicted octanol–water partition coefficient (Wildman–Crippen LogP) is 3.97. The van der Waals surface area contributed by atoms with Crippen molar-refractivity contribution in [3.8, 4) is 0 Å². The molecule has 0 radical (unpaired) electrons.